The van der Waals surface area contributed by atoms with Gasteiger partial charge in [-0.3, -0.25) is 14.7 Å². The molecule has 0 radical (unpaired) electrons. The molecular weight excluding hydrogens is 294 g/mol. The first kappa shape index (κ1) is 14.9. The molecule has 0 aliphatic rings. The molecule has 0 fully saturated rings. The van der Waals surface area contributed by atoms with E-state index in [0.29, 0.717) is 6.54 Å². The van der Waals surface area contributed by atoms with Gasteiger partial charge in [0.05, 0.1) is 5.51 Å². The van der Waals surface area contributed by atoms with Gasteiger partial charge in [0, 0.05) is 46.3 Å². The Balaban J connectivity index is 1.88. The summed E-state index contributed by atoms with van der Waals surface area (Å²) >= 11 is 1.65. The lowest BCUT2D eigenvalue weighted by atomic mass is 10.1. The molecule has 0 saturated carbocycles. The molecule has 0 aliphatic carbocycles. The highest BCUT2D eigenvalue weighted by atomic mass is 32.1. The van der Waals surface area contributed by atoms with E-state index in [9.17, 15) is 4.79 Å². The van der Waals surface area contributed by atoms with Gasteiger partial charge in [-0.15, -0.1) is 11.3 Å². The summed E-state index contributed by atoms with van der Waals surface area (Å²) in [4.78, 5) is 23.2. The lowest BCUT2D eigenvalue weighted by molar-refractivity contribution is 0.253. The maximum Gasteiger partial charge on any atom is 0.189 e. The van der Waals surface area contributed by atoms with Crippen LogP contribution < -0.4 is 5.43 Å². The number of nitrogens with zero attached hydrogens (tertiary/aromatic N) is 2. The highest BCUT2D eigenvalue weighted by Crippen LogP contribution is 2.23. The zero-order valence-corrected chi connectivity index (χ0v) is 13.8. The Morgan fingerprint density at radius 2 is 2.18 bits per heavy atom. The number of hydrogen-bond acceptors (Lipinski definition) is 4. The zero-order valence-electron chi connectivity index (χ0n) is 13.0. The van der Waals surface area contributed by atoms with Gasteiger partial charge in [-0.1, -0.05) is 11.6 Å². The predicted octanol–water partition coefficient (Wildman–Crippen LogP) is 3.49. The van der Waals surface area contributed by atoms with E-state index in [1.54, 1.807) is 17.4 Å². The van der Waals surface area contributed by atoms with Crippen molar-refractivity contribution in [1.82, 2.24) is 14.9 Å². The van der Waals surface area contributed by atoms with Crippen LogP contribution in [-0.2, 0) is 6.54 Å². The van der Waals surface area contributed by atoms with E-state index < -0.39 is 0 Å². The van der Waals surface area contributed by atoms with E-state index in [2.05, 4.69) is 28.8 Å². The number of benzene rings is 1. The van der Waals surface area contributed by atoms with Crippen LogP contribution >= 0.6 is 11.3 Å². The van der Waals surface area contributed by atoms with Crippen molar-refractivity contribution >= 4 is 22.2 Å². The summed E-state index contributed by atoms with van der Waals surface area (Å²) in [6.45, 7) is 4.84. The third-order valence-electron chi connectivity index (χ3n) is 3.99. The summed E-state index contributed by atoms with van der Waals surface area (Å²) in [7, 11) is 2.06. The quantitative estimate of drug-likeness (QED) is 0.802. The zero-order chi connectivity index (χ0) is 15.7. The molecule has 3 rings (SSSR count). The molecule has 2 heterocycles. The van der Waals surface area contributed by atoms with Gasteiger partial charge in [-0.2, -0.15) is 0 Å². The SMILES string of the molecule is Cc1ccc2[nH]c(CN(C)[C@@H](C)c3cncs3)cc(=O)c2c1. The monoisotopic (exact) mass is 313 g/mol. The van der Waals surface area contributed by atoms with E-state index in [1.165, 1.54) is 4.88 Å². The van der Waals surface area contributed by atoms with Crippen molar-refractivity contribution in [1.29, 1.82) is 0 Å². The van der Waals surface area contributed by atoms with Crippen molar-refractivity contribution in [2.45, 2.75) is 26.4 Å². The average molecular weight is 313 g/mol. The predicted molar refractivity (Wildman–Crippen MR) is 91.3 cm³/mol. The summed E-state index contributed by atoms with van der Waals surface area (Å²) in [5, 5.41) is 0.752. The Bertz CT molecular complexity index is 839. The largest absolute Gasteiger partial charge is 0.357 e. The van der Waals surface area contributed by atoms with Gasteiger partial charge in [-0.25, -0.2) is 0 Å². The van der Waals surface area contributed by atoms with Crippen LogP contribution in [0.5, 0.6) is 0 Å². The summed E-state index contributed by atoms with van der Waals surface area (Å²) in [5.41, 5.74) is 4.85. The van der Waals surface area contributed by atoms with Gasteiger partial charge in [0.15, 0.2) is 5.43 Å². The molecular formula is C17H19N3OS. The lowest BCUT2D eigenvalue weighted by Crippen LogP contribution is -2.22. The molecule has 0 amide bonds. The normalized spacial score (nSPS) is 12.9. The molecule has 0 saturated heterocycles. The fraction of sp³-hybridized carbons (Fsp3) is 0.294. The molecule has 1 atom stereocenters. The number of aromatic amines is 1. The molecule has 2 aromatic heterocycles. The molecule has 4 nitrogen and oxygen atoms in total. The van der Waals surface area contributed by atoms with Gasteiger partial charge >= 0.3 is 0 Å². The van der Waals surface area contributed by atoms with Crippen LogP contribution in [0.2, 0.25) is 0 Å². The van der Waals surface area contributed by atoms with Crippen LogP contribution in [0.15, 0.2) is 40.8 Å². The lowest BCUT2D eigenvalue weighted by Gasteiger charge is -2.23. The van der Waals surface area contributed by atoms with Crippen LogP contribution in [0.25, 0.3) is 10.9 Å². The average Bonchev–Trinajstić information content (AvgIpc) is 3.01. The minimum absolute atomic E-state index is 0.0753. The van der Waals surface area contributed by atoms with Crippen molar-refractivity contribution in [3.8, 4) is 0 Å². The highest BCUT2D eigenvalue weighted by molar-refractivity contribution is 7.09. The number of fused-ring (bicyclic) bond motifs is 1. The number of nitrogens with one attached hydrogen (secondary N) is 1. The van der Waals surface area contributed by atoms with Gasteiger partial charge in [0.25, 0.3) is 0 Å². The van der Waals surface area contributed by atoms with Crippen LogP contribution in [-0.4, -0.2) is 21.9 Å². The maximum atomic E-state index is 12.3. The molecule has 0 aliphatic heterocycles. The van der Waals surface area contributed by atoms with E-state index >= 15 is 0 Å². The third-order valence-corrected chi connectivity index (χ3v) is 4.93. The van der Waals surface area contributed by atoms with Gasteiger partial charge in [0.2, 0.25) is 0 Å². The number of aromatic nitrogens is 2. The second-order valence-corrected chi connectivity index (χ2v) is 6.62. The van der Waals surface area contributed by atoms with Crippen molar-refractivity contribution in [2.75, 3.05) is 7.05 Å². The highest BCUT2D eigenvalue weighted by Gasteiger charge is 2.14. The van der Waals surface area contributed by atoms with Crippen LogP contribution in [0, 0.1) is 6.92 Å². The smallest absolute Gasteiger partial charge is 0.189 e. The van der Waals surface area contributed by atoms with Crippen molar-refractivity contribution in [3.63, 3.8) is 0 Å². The van der Waals surface area contributed by atoms with E-state index in [-0.39, 0.29) is 11.5 Å². The number of thiazole rings is 1. The molecule has 0 unspecified atom stereocenters. The molecule has 1 N–H and O–H groups in total. The molecule has 1 aromatic carbocycles. The Kier molecular flexibility index (Phi) is 4.09. The molecule has 114 valence electrons. The number of hydrogen-bond donors (Lipinski definition) is 1. The van der Waals surface area contributed by atoms with E-state index in [1.807, 2.05) is 36.8 Å². The Hall–Kier alpha value is -1.98. The van der Waals surface area contributed by atoms with Crippen molar-refractivity contribution in [2.24, 2.45) is 0 Å². The van der Waals surface area contributed by atoms with Crippen LogP contribution in [0.1, 0.15) is 29.1 Å². The summed E-state index contributed by atoms with van der Waals surface area (Å²) in [6.07, 6.45) is 1.90. The minimum Gasteiger partial charge on any atom is -0.357 e. The van der Waals surface area contributed by atoms with Gasteiger partial charge in [0.1, 0.15) is 0 Å². The number of aryl methyl sites for hydroxylation is 1. The molecule has 5 heteroatoms. The van der Waals surface area contributed by atoms with Gasteiger partial charge in [-0.05, 0) is 33.0 Å². The van der Waals surface area contributed by atoms with Gasteiger partial charge < -0.3 is 4.98 Å². The summed E-state index contributed by atoms with van der Waals surface area (Å²) in [6, 6.07) is 7.90. The number of H-pyrrole nitrogens is 1. The maximum absolute atomic E-state index is 12.3. The molecule has 3 aromatic rings. The minimum atomic E-state index is 0.0753. The van der Waals surface area contributed by atoms with E-state index in [4.69, 9.17) is 0 Å². The first-order chi connectivity index (χ1) is 10.5. The second-order valence-electron chi connectivity index (χ2n) is 5.70. The summed E-state index contributed by atoms with van der Waals surface area (Å²) in [5.74, 6) is 0. The fourth-order valence-electron chi connectivity index (χ4n) is 2.56. The fourth-order valence-corrected chi connectivity index (χ4v) is 3.30. The van der Waals surface area contributed by atoms with Crippen LogP contribution in [0.4, 0.5) is 0 Å². The standard InChI is InChI=1S/C17H19N3OS/c1-11-4-5-15-14(6-11)16(21)7-13(19-15)9-20(3)12(2)17-8-18-10-22-17/h4-8,10,12H,9H2,1-3H3,(H,19,21)/t12-/m0/s1. The van der Waals surface area contributed by atoms with Crippen LogP contribution in [0.3, 0.4) is 0 Å². The van der Waals surface area contributed by atoms with Crippen molar-refractivity contribution < 1.29 is 0 Å². The second kappa shape index (κ2) is 6.02. The number of pyridine rings is 1. The molecule has 22 heavy (non-hydrogen) atoms. The first-order valence-corrected chi connectivity index (χ1v) is 8.14. The third kappa shape index (κ3) is 2.96. The Labute approximate surface area is 133 Å². The Morgan fingerprint density at radius 1 is 1.36 bits per heavy atom. The number of rotatable bonds is 4. The first-order valence-electron chi connectivity index (χ1n) is 7.26. The molecule has 0 bridgehead atoms. The van der Waals surface area contributed by atoms with E-state index in [0.717, 1.165) is 22.2 Å². The summed E-state index contributed by atoms with van der Waals surface area (Å²) < 4.78 is 0. The molecule has 0 spiro atoms. The topological polar surface area (TPSA) is 49.0 Å². The van der Waals surface area contributed by atoms with Crippen molar-refractivity contribution in [3.05, 3.63) is 62.3 Å². The Morgan fingerprint density at radius 3 is 2.91 bits per heavy atom.